The van der Waals surface area contributed by atoms with Crippen molar-refractivity contribution in [3.05, 3.63) is 59.2 Å². The number of benzene rings is 2. The largest absolute Gasteiger partial charge is 0.493 e. The van der Waals surface area contributed by atoms with Gasteiger partial charge in [-0.2, -0.15) is 0 Å². The van der Waals surface area contributed by atoms with Gasteiger partial charge < -0.3 is 20.1 Å². The number of carbonyl (C=O) groups is 2. The minimum absolute atomic E-state index is 0.208. The van der Waals surface area contributed by atoms with Gasteiger partial charge >= 0.3 is 0 Å². The van der Waals surface area contributed by atoms with Gasteiger partial charge in [-0.25, -0.2) is 0 Å². The molecule has 0 heterocycles. The minimum atomic E-state index is -0.945. The van der Waals surface area contributed by atoms with Crippen LogP contribution in [-0.4, -0.2) is 26.0 Å². The van der Waals surface area contributed by atoms with Gasteiger partial charge in [0.1, 0.15) is 5.41 Å². The van der Waals surface area contributed by atoms with E-state index in [9.17, 15) is 9.59 Å². The number of ether oxygens (including phenoxy) is 2. The van der Waals surface area contributed by atoms with Crippen molar-refractivity contribution in [2.45, 2.75) is 32.9 Å². The van der Waals surface area contributed by atoms with E-state index in [2.05, 4.69) is 10.6 Å². The van der Waals surface area contributed by atoms with Crippen molar-refractivity contribution in [1.82, 2.24) is 10.6 Å². The standard InChI is InChI=1S/C22H26N2O4/c1-15-6-4-5-7-17(15)14-24-21(26)22(10-11-22)20(25)23-13-16-8-9-18(27-2)19(12-16)28-3/h4-9,12H,10-11,13-14H2,1-3H3,(H,23,25)(H,24,26). The maximum absolute atomic E-state index is 12.7. The average molecular weight is 382 g/mol. The number of rotatable bonds is 8. The molecule has 6 nitrogen and oxygen atoms in total. The van der Waals surface area contributed by atoms with Crippen LogP contribution in [0.5, 0.6) is 11.5 Å². The molecule has 2 N–H and O–H groups in total. The summed E-state index contributed by atoms with van der Waals surface area (Å²) in [4.78, 5) is 25.3. The first-order valence-electron chi connectivity index (χ1n) is 9.32. The third-order valence-electron chi connectivity index (χ3n) is 5.22. The topological polar surface area (TPSA) is 76.7 Å². The van der Waals surface area contributed by atoms with Gasteiger partial charge in [-0.3, -0.25) is 9.59 Å². The second-order valence-electron chi connectivity index (χ2n) is 7.06. The highest BCUT2D eigenvalue weighted by atomic mass is 16.5. The SMILES string of the molecule is COc1ccc(CNC(=O)C2(C(=O)NCc3ccccc3C)CC2)cc1OC. The fourth-order valence-electron chi connectivity index (χ4n) is 3.18. The highest BCUT2D eigenvalue weighted by Gasteiger charge is 2.56. The first-order valence-corrected chi connectivity index (χ1v) is 9.32. The Balaban J connectivity index is 1.58. The van der Waals surface area contributed by atoms with E-state index in [0.717, 1.165) is 16.7 Å². The fraction of sp³-hybridized carbons (Fsp3) is 0.364. The highest BCUT2D eigenvalue weighted by molar-refractivity contribution is 6.07. The van der Waals surface area contributed by atoms with E-state index in [0.29, 0.717) is 37.4 Å². The number of aryl methyl sites for hydroxylation is 1. The number of carbonyl (C=O) groups excluding carboxylic acids is 2. The summed E-state index contributed by atoms with van der Waals surface area (Å²) in [7, 11) is 3.14. The molecular weight excluding hydrogens is 356 g/mol. The van der Waals surface area contributed by atoms with E-state index in [4.69, 9.17) is 9.47 Å². The molecule has 0 atom stereocenters. The van der Waals surface area contributed by atoms with Gasteiger partial charge in [-0.05, 0) is 48.6 Å². The van der Waals surface area contributed by atoms with Crippen LogP contribution in [0.1, 0.15) is 29.5 Å². The summed E-state index contributed by atoms with van der Waals surface area (Å²) in [5.41, 5.74) is 2.10. The lowest BCUT2D eigenvalue weighted by atomic mass is 10.0. The molecule has 0 radical (unpaired) electrons. The molecule has 0 unspecified atom stereocenters. The monoisotopic (exact) mass is 382 g/mol. The molecule has 0 spiro atoms. The molecule has 2 aromatic rings. The van der Waals surface area contributed by atoms with E-state index >= 15 is 0 Å². The van der Waals surface area contributed by atoms with Crippen molar-refractivity contribution in [2.24, 2.45) is 5.41 Å². The van der Waals surface area contributed by atoms with E-state index < -0.39 is 5.41 Å². The molecule has 0 aliphatic heterocycles. The van der Waals surface area contributed by atoms with Crippen molar-refractivity contribution in [2.75, 3.05) is 14.2 Å². The van der Waals surface area contributed by atoms with Gasteiger partial charge in [0.05, 0.1) is 14.2 Å². The van der Waals surface area contributed by atoms with Crippen LogP contribution in [0, 0.1) is 12.3 Å². The molecule has 1 saturated carbocycles. The lowest BCUT2D eigenvalue weighted by Gasteiger charge is -2.16. The zero-order chi connectivity index (χ0) is 20.1. The Morgan fingerprint density at radius 3 is 2.18 bits per heavy atom. The summed E-state index contributed by atoms with van der Waals surface area (Å²) in [6.07, 6.45) is 1.15. The maximum Gasteiger partial charge on any atom is 0.235 e. The Kier molecular flexibility index (Phi) is 5.87. The first kappa shape index (κ1) is 19.7. The minimum Gasteiger partial charge on any atom is -0.493 e. The van der Waals surface area contributed by atoms with E-state index in [1.54, 1.807) is 20.3 Å². The highest BCUT2D eigenvalue weighted by Crippen LogP contribution is 2.46. The summed E-state index contributed by atoms with van der Waals surface area (Å²) in [6, 6.07) is 13.4. The summed E-state index contributed by atoms with van der Waals surface area (Å²) in [5.74, 6) is 0.795. The Morgan fingerprint density at radius 2 is 1.57 bits per heavy atom. The number of hydrogen-bond donors (Lipinski definition) is 2. The van der Waals surface area contributed by atoms with Crippen LogP contribution in [0.2, 0.25) is 0 Å². The molecule has 148 valence electrons. The number of hydrogen-bond acceptors (Lipinski definition) is 4. The van der Waals surface area contributed by atoms with Crippen molar-refractivity contribution in [3.8, 4) is 11.5 Å². The maximum atomic E-state index is 12.7. The molecule has 1 fully saturated rings. The van der Waals surface area contributed by atoms with Crippen LogP contribution < -0.4 is 20.1 Å². The molecule has 0 aromatic heterocycles. The van der Waals surface area contributed by atoms with Gasteiger partial charge in [-0.15, -0.1) is 0 Å². The summed E-state index contributed by atoms with van der Waals surface area (Å²) in [5, 5.41) is 5.80. The van der Waals surface area contributed by atoms with Crippen LogP contribution >= 0.6 is 0 Å². The lowest BCUT2D eigenvalue weighted by Crippen LogP contribution is -2.42. The number of amides is 2. The van der Waals surface area contributed by atoms with Crippen LogP contribution in [0.4, 0.5) is 0 Å². The van der Waals surface area contributed by atoms with Crippen LogP contribution in [0.25, 0.3) is 0 Å². The van der Waals surface area contributed by atoms with Gasteiger partial charge in [0.15, 0.2) is 11.5 Å². The molecular formula is C22H26N2O4. The molecule has 3 rings (SSSR count). The number of nitrogens with one attached hydrogen (secondary N) is 2. The Bertz CT molecular complexity index is 875. The molecule has 0 saturated heterocycles. The van der Waals surface area contributed by atoms with E-state index in [1.807, 2.05) is 43.3 Å². The fourth-order valence-corrected chi connectivity index (χ4v) is 3.18. The van der Waals surface area contributed by atoms with Gasteiger partial charge in [0.25, 0.3) is 0 Å². The molecule has 1 aliphatic rings. The Labute approximate surface area is 165 Å². The Morgan fingerprint density at radius 1 is 0.929 bits per heavy atom. The first-order chi connectivity index (χ1) is 13.5. The summed E-state index contributed by atoms with van der Waals surface area (Å²) < 4.78 is 10.5. The summed E-state index contributed by atoms with van der Waals surface area (Å²) in [6.45, 7) is 2.76. The van der Waals surface area contributed by atoms with E-state index in [-0.39, 0.29) is 11.8 Å². The molecule has 28 heavy (non-hydrogen) atoms. The zero-order valence-electron chi connectivity index (χ0n) is 16.5. The predicted molar refractivity (Wildman–Crippen MR) is 106 cm³/mol. The van der Waals surface area contributed by atoms with Gasteiger partial charge in [-0.1, -0.05) is 30.3 Å². The van der Waals surface area contributed by atoms with Crippen LogP contribution in [-0.2, 0) is 22.7 Å². The van der Waals surface area contributed by atoms with Crippen molar-refractivity contribution < 1.29 is 19.1 Å². The molecule has 2 amide bonds. The van der Waals surface area contributed by atoms with Gasteiger partial charge in [0, 0.05) is 13.1 Å². The third-order valence-corrected chi connectivity index (χ3v) is 5.22. The second kappa shape index (κ2) is 8.33. The average Bonchev–Trinajstić information content (AvgIpc) is 3.53. The molecule has 0 bridgehead atoms. The van der Waals surface area contributed by atoms with E-state index in [1.165, 1.54) is 0 Å². The normalized spacial score (nSPS) is 14.1. The van der Waals surface area contributed by atoms with Gasteiger partial charge in [0.2, 0.25) is 11.8 Å². The van der Waals surface area contributed by atoms with Crippen molar-refractivity contribution >= 4 is 11.8 Å². The number of methoxy groups -OCH3 is 2. The van der Waals surface area contributed by atoms with Crippen molar-refractivity contribution in [3.63, 3.8) is 0 Å². The third kappa shape index (κ3) is 4.11. The Hall–Kier alpha value is -3.02. The molecule has 6 heteroatoms. The molecule has 2 aromatic carbocycles. The van der Waals surface area contributed by atoms with Crippen LogP contribution in [0.15, 0.2) is 42.5 Å². The summed E-state index contributed by atoms with van der Waals surface area (Å²) >= 11 is 0. The quantitative estimate of drug-likeness (QED) is 0.689. The second-order valence-corrected chi connectivity index (χ2v) is 7.06. The van der Waals surface area contributed by atoms with Crippen molar-refractivity contribution in [1.29, 1.82) is 0 Å². The lowest BCUT2D eigenvalue weighted by molar-refractivity contribution is -0.137. The predicted octanol–water partition coefficient (Wildman–Crippen LogP) is 2.73. The zero-order valence-corrected chi connectivity index (χ0v) is 16.5. The smallest absolute Gasteiger partial charge is 0.235 e. The molecule has 1 aliphatic carbocycles. The van der Waals surface area contributed by atoms with Crippen LogP contribution in [0.3, 0.4) is 0 Å².